The Morgan fingerprint density at radius 1 is 1.64 bits per heavy atom. The highest BCUT2D eigenvalue weighted by molar-refractivity contribution is 14.1. The van der Waals surface area contributed by atoms with Crippen molar-refractivity contribution in [3.63, 3.8) is 0 Å². The fraction of sp³-hybridized carbons (Fsp3) is 0.200. The van der Waals surface area contributed by atoms with Gasteiger partial charge in [-0.1, -0.05) is 6.92 Å². The molecule has 0 saturated carbocycles. The maximum absolute atomic E-state index is 10.8. The van der Waals surface area contributed by atoms with E-state index in [1.807, 2.05) is 35.6 Å². The summed E-state index contributed by atoms with van der Waals surface area (Å²) in [6, 6.07) is 5.22. The molecular formula is C10H8INO2. The molecule has 3 nitrogen and oxygen atoms in total. The van der Waals surface area contributed by atoms with E-state index in [1.165, 1.54) is 0 Å². The largest absolute Gasteiger partial charge is 0.478 e. The Morgan fingerprint density at radius 3 is 2.71 bits per heavy atom. The number of aryl methyl sites for hydroxylation is 1. The molecule has 0 atom stereocenters. The molecule has 0 radical (unpaired) electrons. The Kier molecular flexibility index (Phi) is 3.47. The summed E-state index contributed by atoms with van der Waals surface area (Å²) in [5, 5.41) is 17.7. The highest BCUT2D eigenvalue weighted by Gasteiger charge is 2.12. The van der Waals surface area contributed by atoms with E-state index >= 15 is 0 Å². The molecule has 0 bridgehead atoms. The molecule has 0 unspecified atom stereocenters. The number of nitrogens with zero attached hydrogens (tertiary/aromatic N) is 1. The van der Waals surface area contributed by atoms with Gasteiger partial charge in [0.05, 0.1) is 11.1 Å². The van der Waals surface area contributed by atoms with Crippen molar-refractivity contribution in [2.75, 3.05) is 0 Å². The number of hydrogen-bond donors (Lipinski definition) is 1. The third-order valence-electron chi connectivity index (χ3n) is 1.92. The van der Waals surface area contributed by atoms with Gasteiger partial charge >= 0.3 is 5.97 Å². The summed E-state index contributed by atoms with van der Waals surface area (Å²) in [5.74, 6) is -0.941. The normalized spacial score (nSPS) is 9.50. The number of aromatic carboxylic acids is 1. The molecule has 0 aromatic heterocycles. The molecule has 1 N–H and O–H groups in total. The van der Waals surface area contributed by atoms with Gasteiger partial charge in [0.25, 0.3) is 0 Å². The van der Waals surface area contributed by atoms with Crippen molar-refractivity contribution in [1.29, 1.82) is 5.26 Å². The third-order valence-corrected chi connectivity index (χ3v) is 2.82. The topological polar surface area (TPSA) is 61.1 Å². The molecule has 0 aliphatic rings. The molecule has 1 aromatic carbocycles. The lowest BCUT2D eigenvalue weighted by molar-refractivity contribution is 0.0695. The summed E-state index contributed by atoms with van der Waals surface area (Å²) in [6.07, 6.45) is 0.618. The summed E-state index contributed by atoms with van der Waals surface area (Å²) in [6.45, 7) is 1.87. The van der Waals surface area contributed by atoms with E-state index in [-0.39, 0.29) is 5.56 Å². The van der Waals surface area contributed by atoms with Crippen LogP contribution in [0.25, 0.3) is 0 Å². The van der Waals surface area contributed by atoms with Crippen molar-refractivity contribution in [3.8, 4) is 6.07 Å². The molecule has 0 aliphatic heterocycles. The molecule has 4 heteroatoms. The number of rotatable bonds is 2. The van der Waals surface area contributed by atoms with Crippen molar-refractivity contribution >= 4 is 28.6 Å². The molecule has 0 heterocycles. The van der Waals surface area contributed by atoms with Crippen molar-refractivity contribution in [2.24, 2.45) is 0 Å². The number of nitriles is 1. The zero-order chi connectivity index (χ0) is 10.7. The standard InChI is InChI=1S/C10H8INO2/c1-2-6-3-7(5-12)9(11)4-8(6)10(13)14/h3-4H,2H2,1H3,(H,13,14). The molecule has 0 saturated heterocycles. The lowest BCUT2D eigenvalue weighted by Crippen LogP contribution is -2.03. The van der Waals surface area contributed by atoms with Crippen molar-refractivity contribution < 1.29 is 9.90 Å². The maximum Gasteiger partial charge on any atom is 0.336 e. The van der Waals surface area contributed by atoms with Gasteiger partial charge in [-0.05, 0) is 46.7 Å². The second-order valence-corrected chi connectivity index (χ2v) is 3.92. The first-order valence-electron chi connectivity index (χ1n) is 4.06. The van der Waals surface area contributed by atoms with Crippen molar-refractivity contribution in [3.05, 3.63) is 32.4 Å². The molecule has 72 valence electrons. The number of carboxylic acids is 1. The fourth-order valence-electron chi connectivity index (χ4n) is 1.20. The molecule has 0 amide bonds. The summed E-state index contributed by atoms with van der Waals surface area (Å²) < 4.78 is 0.680. The van der Waals surface area contributed by atoms with Gasteiger partial charge in [-0.2, -0.15) is 5.26 Å². The first kappa shape index (κ1) is 11.0. The average molecular weight is 301 g/mol. The van der Waals surface area contributed by atoms with Gasteiger partial charge in [-0.25, -0.2) is 4.79 Å². The van der Waals surface area contributed by atoms with E-state index in [9.17, 15) is 4.79 Å². The van der Waals surface area contributed by atoms with E-state index in [2.05, 4.69) is 0 Å². The number of benzene rings is 1. The number of carbonyl (C=O) groups is 1. The summed E-state index contributed by atoms with van der Waals surface area (Å²) in [7, 11) is 0. The minimum absolute atomic E-state index is 0.288. The Morgan fingerprint density at radius 2 is 2.29 bits per heavy atom. The minimum atomic E-state index is -0.941. The Bertz CT molecular complexity index is 421. The van der Waals surface area contributed by atoms with Gasteiger partial charge < -0.3 is 5.11 Å². The SMILES string of the molecule is CCc1cc(C#N)c(I)cc1C(=O)O. The van der Waals surface area contributed by atoms with Gasteiger partial charge in [0.1, 0.15) is 6.07 Å². The van der Waals surface area contributed by atoms with Crippen LogP contribution in [0, 0.1) is 14.9 Å². The summed E-state index contributed by atoms with van der Waals surface area (Å²) in [5.41, 5.74) is 1.53. The van der Waals surface area contributed by atoms with Gasteiger partial charge in [0, 0.05) is 3.57 Å². The minimum Gasteiger partial charge on any atom is -0.478 e. The maximum atomic E-state index is 10.8. The van der Waals surface area contributed by atoms with Gasteiger partial charge in [-0.15, -0.1) is 0 Å². The van der Waals surface area contributed by atoms with Crippen LogP contribution >= 0.6 is 22.6 Å². The Labute approximate surface area is 95.5 Å². The van der Waals surface area contributed by atoms with Crippen molar-refractivity contribution in [1.82, 2.24) is 0 Å². The Hall–Kier alpha value is -1.09. The first-order valence-corrected chi connectivity index (χ1v) is 5.13. The van der Waals surface area contributed by atoms with Gasteiger partial charge in [-0.3, -0.25) is 0 Å². The van der Waals surface area contributed by atoms with E-state index in [0.717, 1.165) is 0 Å². The van der Waals surface area contributed by atoms with Crippen LogP contribution in [0.5, 0.6) is 0 Å². The van der Waals surface area contributed by atoms with E-state index in [0.29, 0.717) is 21.1 Å². The van der Waals surface area contributed by atoms with Crippen molar-refractivity contribution in [2.45, 2.75) is 13.3 Å². The Balaban J connectivity index is 3.41. The van der Waals surface area contributed by atoms with E-state index in [1.54, 1.807) is 12.1 Å². The molecular weight excluding hydrogens is 293 g/mol. The monoisotopic (exact) mass is 301 g/mol. The lowest BCUT2D eigenvalue weighted by Gasteiger charge is -2.05. The third kappa shape index (κ3) is 2.04. The van der Waals surface area contributed by atoms with E-state index < -0.39 is 5.97 Å². The highest BCUT2D eigenvalue weighted by Crippen LogP contribution is 2.19. The second kappa shape index (κ2) is 4.42. The molecule has 0 fully saturated rings. The van der Waals surface area contributed by atoms with Crippen LogP contribution < -0.4 is 0 Å². The molecule has 1 rings (SSSR count). The van der Waals surface area contributed by atoms with Crippen LogP contribution in [0.4, 0.5) is 0 Å². The van der Waals surface area contributed by atoms with Crippen LogP contribution in [0.1, 0.15) is 28.4 Å². The van der Waals surface area contributed by atoms with Crippen LogP contribution in [-0.4, -0.2) is 11.1 Å². The molecule has 14 heavy (non-hydrogen) atoms. The number of hydrogen-bond acceptors (Lipinski definition) is 2. The van der Waals surface area contributed by atoms with Crippen LogP contribution in [-0.2, 0) is 6.42 Å². The molecule has 0 aliphatic carbocycles. The van der Waals surface area contributed by atoms with E-state index in [4.69, 9.17) is 10.4 Å². The second-order valence-electron chi connectivity index (χ2n) is 2.76. The molecule has 0 spiro atoms. The number of halogens is 1. The predicted molar refractivity (Wildman–Crippen MR) is 60.2 cm³/mol. The quantitative estimate of drug-likeness (QED) is 0.853. The smallest absolute Gasteiger partial charge is 0.336 e. The van der Waals surface area contributed by atoms with Gasteiger partial charge in [0.2, 0.25) is 0 Å². The van der Waals surface area contributed by atoms with Crippen LogP contribution in [0.2, 0.25) is 0 Å². The zero-order valence-electron chi connectivity index (χ0n) is 7.54. The summed E-state index contributed by atoms with van der Waals surface area (Å²) in [4.78, 5) is 10.8. The average Bonchev–Trinajstić information content (AvgIpc) is 2.17. The fourth-order valence-corrected chi connectivity index (χ4v) is 1.78. The summed E-state index contributed by atoms with van der Waals surface area (Å²) >= 11 is 1.97. The zero-order valence-corrected chi connectivity index (χ0v) is 9.70. The lowest BCUT2D eigenvalue weighted by atomic mass is 10.0. The van der Waals surface area contributed by atoms with Gasteiger partial charge in [0.15, 0.2) is 0 Å². The highest BCUT2D eigenvalue weighted by atomic mass is 127. The molecule has 1 aromatic rings. The predicted octanol–water partition coefficient (Wildman–Crippen LogP) is 2.42. The van der Waals surface area contributed by atoms with Crippen LogP contribution in [0.15, 0.2) is 12.1 Å². The number of carboxylic acid groups (broad SMARTS) is 1. The first-order chi connectivity index (χ1) is 6.60. The van der Waals surface area contributed by atoms with Crippen LogP contribution in [0.3, 0.4) is 0 Å².